The number of para-hydroxylation sites is 1. The Hall–Kier alpha value is -3.14. The number of hydrogen-bond acceptors (Lipinski definition) is 4. The second-order valence-electron chi connectivity index (χ2n) is 6.66. The molecule has 0 radical (unpaired) electrons. The zero-order chi connectivity index (χ0) is 19.6. The SMILES string of the molecule is Cc1cccc(O[C@@H](C)CNc2cccc(OCCOc3ccccc3)c2)c1. The molecule has 146 valence electrons. The molecule has 4 nitrogen and oxygen atoms in total. The molecule has 28 heavy (non-hydrogen) atoms. The minimum atomic E-state index is 0.0469. The fraction of sp³-hybridized carbons (Fsp3) is 0.250. The molecule has 0 fully saturated rings. The summed E-state index contributed by atoms with van der Waals surface area (Å²) in [5.74, 6) is 2.56. The Bertz CT molecular complexity index is 851. The molecule has 0 saturated carbocycles. The molecule has 1 atom stereocenters. The number of benzene rings is 3. The first-order valence-corrected chi connectivity index (χ1v) is 9.57. The lowest BCUT2D eigenvalue weighted by molar-refractivity contribution is 0.217. The number of rotatable bonds is 10. The van der Waals surface area contributed by atoms with Crippen LogP contribution in [-0.2, 0) is 0 Å². The summed E-state index contributed by atoms with van der Waals surface area (Å²) < 4.78 is 17.4. The van der Waals surface area contributed by atoms with Crippen LogP contribution in [0.1, 0.15) is 12.5 Å². The largest absolute Gasteiger partial charge is 0.490 e. The third-order valence-corrected chi connectivity index (χ3v) is 4.12. The predicted molar refractivity (Wildman–Crippen MR) is 114 cm³/mol. The van der Waals surface area contributed by atoms with Gasteiger partial charge in [0.1, 0.15) is 36.6 Å². The highest BCUT2D eigenvalue weighted by atomic mass is 16.5. The molecule has 0 saturated heterocycles. The molecule has 4 heteroatoms. The number of aryl methyl sites for hydroxylation is 1. The van der Waals surface area contributed by atoms with Crippen LogP contribution in [-0.4, -0.2) is 25.9 Å². The van der Waals surface area contributed by atoms with E-state index in [-0.39, 0.29) is 6.10 Å². The second-order valence-corrected chi connectivity index (χ2v) is 6.66. The van der Waals surface area contributed by atoms with Crippen LogP contribution in [0.3, 0.4) is 0 Å². The summed E-state index contributed by atoms with van der Waals surface area (Å²) in [5.41, 5.74) is 2.19. The van der Waals surface area contributed by atoms with Crippen LogP contribution in [0.15, 0.2) is 78.9 Å². The van der Waals surface area contributed by atoms with E-state index in [1.54, 1.807) is 0 Å². The average molecular weight is 377 g/mol. The fourth-order valence-corrected chi connectivity index (χ4v) is 2.76. The topological polar surface area (TPSA) is 39.7 Å². The quantitative estimate of drug-likeness (QED) is 0.485. The number of nitrogens with one attached hydrogen (secondary N) is 1. The van der Waals surface area contributed by atoms with E-state index >= 15 is 0 Å². The third kappa shape index (κ3) is 6.54. The van der Waals surface area contributed by atoms with Crippen LogP contribution in [0.5, 0.6) is 17.2 Å². The molecule has 0 amide bonds. The average Bonchev–Trinajstić information content (AvgIpc) is 2.71. The van der Waals surface area contributed by atoms with E-state index in [1.165, 1.54) is 5.56 Å². The second kappa shape index (κ2) is 10.3. The van der Waals surface area contributed by atoms with Crippen LogP contribution >= 0.6 is 0 Å². The Labute approximate surface area is 167 Å². The van der Waals surface area contributed by atoms with Gasteiger partial charge in [0.05, 0.1) is 6.54 Å². The van der Waals surface area contributed by atoms with Gasteiger partial charge in [-0.05, 0) is 55.8 Å². The summed E-state index contributed by atoms with van der Waals surface area (Å²) in [6.07, 6.45) is 0.0469. The summed E-state index contributed by atoms with van der Waals surface area (Å²) in [4.78, 5) is 0. The van der Waals surface area contributed by atoms with Crippen molar-refractivity contribution in [2.75, 3.05) is 25.1 Å². The zero-order valence-corrected chi connectivity index (χ0v) is 16.4. The Balaban J connectivity index is 1.41. The van der Waals surface area contributed by atoms with Gasteiger partial charge in [-0.25, -0.2) is 0 Å². The molecule has 1 N–H and O–H groups in total. The van der Waals surface area contributed by atoms with E-state index in [0.29, 0.717) is 19.8 Å². The molecule has 0 aliphatic heterocycles. The fourth-order valence-electron chi connectivity index (χ4n) is 2.76. The van der Waals surface area contributed by atoms with Crippen molar-refractivity contribution in [2.24, 2.45) is 0 Å². The van der Waals surface area contributed by atoms with E-state index in [0.717, 1.165) is 22.9 Å². The molecule has 0 bridgehead atoms. The van der Waals surface area contributed by atoms with E-state index in [4.69, 9.17) is 14.2 Å². The maximum atomic E-state index is 5.96. The number of ether oxygens (including phenoxy) is 3. The summed E-state index contributed by atoms with van der Waals surface area (Å²) in [7, 11) is 0. The standard InChI is InChI=1S/C24H27NO3/c1-19-8-6-13-24(16-19)28-20(2)18-25-21-9-7-12-23(17-21)27-15-14-26-22-10-4-3-5-11-22/h3-13,16-17,20,25H,14-15,18H2,1-2H3/t20-/m0/s1. The van der Waals surface area contributed by atoms with Gasteiger partial charge in [0.15, 0.2) is 0 Å². The lowest BCUT2D eigenvalue weighted by Crippen LogP contribution is -2.22. The van der Waals surface area contributed by atoms with Crippen LogP contribution < -0.4 is 19.5 Å². The smallest absolute Gasteiger partial charge is 0.122 e. The Morgan fingerprint density at radius 3 is 2.21 bits per heavy atom. The van der Waals surface area contributed by atoms with Crippen LogP contribution in [0.4, 0.5) is 5.69 Å². The van der Waals surface area contributed by atoms with Gasteiger partial charge in [0, 0.05) is 11.8 Å². The summed E-state index contributed by atoms with van der Waals surface area (Å²) in [6, 6.07) is 25.8. The molecule has 0 aliphatic rings. The Kier molecular flexibility index (Phi) is 7.19. The van der Waals surface area contributed by atoms with Crippen molar-refractivity contribution in [3.8, 4) is 17.2 Å². The monoisotopic (exact) mass is 377 g/mol. The van der Waals surface area contributed by atoms with E-state index in [1.807, 2.05) is 72.8 Å². The van der Waals surface area contributed by atoms with Crippen molar-refractivity contribution < 1.29 is 14.2 Å². The zero-order valence-electron chi connectivity index (χ0n) is 16.4. The molecule has 0 spiro atoms. The molecule has 0 unspecified atom stereocenters. The van der Waals surface area contributed by atoms with Crippen molar-refractivity contribution in [1.29, 1.82) is 0 Å². The van der Waals surface area contributed by atoms with Gasteiger partial charge < -0.3 is 19.5 Å². The molecule has 0 aliphatic carbocycles. The first-order chi connectivity index (χ1) is 13.7. The van der Waals surface area contributed by atoms with Crippen molar-refractivity contribution in [1.82, 2.24) is 0 Å². The summed E-state index contributed by atoms with van der Waals surface area (Å²) >= 11 is 0. The summed E-state index contributed by atoms with van der Waals surface area (Å²) in [5, 5.41) is 3.40. The van der Waals surface area contributed by atoms with Gasteiger partial charge in [-0.2, -0.15) is 0 Å². The lowest BCUT2D eigenvalue weighted by atomic mass is 10.2. The van der Waals surface area contributed by atoms with Gasteiger partial charge in [0.2, 0.25) is 0 Å². The normalized spacial score (nSPS) is 11.5. The minimum absolute atomic E-state index is 0.0469. The molecule has 0 aromatic heterocycles. The van der Waals surface area contributed by atoms with Crippen LogP contribution in [0, 0.1) is 6.92 Å². The van der Waals surface area contributed by atoms with Gasteiger partial charge >= 0.3 is 0 Å². The molecule has 3 aromatic rings. The van der Waals surface area contributed by atoms with Gasteiger partial charge in [-0.3, -0.25) is 0 Å². The minimum Gasteiger partial charge on any atom is -0.490 e. The molecule has 3 rings (SSSR count). The van der Waals surface area contributed by atoms with Gasteiger partial charge in [-0.1, -0.05) is 36.4 Å². The van der Waals surface area contributed by atoms with Crippen molar-refractivity contribution >= 4 is 5.69 Å². The highest BCUT2D eigenvalue weighted by Gasteiger charge is 2.05. The van der Waals surface area contributed by atoms with Gasteiger partial charge in [0.25, 0.3) is 0 Å². The van der Waals surface area contributed by atoms with E-state index < -0.39 is 0 Å². The number of hydrogen-bond donors (Lipinski definition) is 1. The number of anilines is 1. The van der Waals surface area contributed by atoms with E-state index in [2.05, 4.69) is 25.2 Å². The Morgan fingerprint density at radius 2 is 1.43 bits per heavy atom. The third-order valence-electron chi connectivity index (χ3n) is 4.12. The highest BCUT2D eigenvalue weighted by molar-refractivity contribution is 5.48. The molecular formula is C24H27NO3. The van der Waals surface area contributed by atoms with Crippen molar-refractivity contribution in [2.45, 2.75) is 20.0 Å². The van der Waals surface area contributed by atoms with Gasteiger partial charge in [-0.15, -0.1) is 0 Å². The van der Waals surface area contributed by atoms with E-state index in [9.17, 15) is 0 Å². The predicted octanol–water partition coefficient (Wildman–Crippen LogP) is 5.33. The highest BCUT2D eigenvalue weighted by Crippen LogP contribution is 2.18. The molecule has 0 heterocycles. The van der Waals surface area contributed by atoms with Crippen molar-refractivity contribution in [3.63, 3.8) is 0 Å². The maximum Gasteiger partial charge on any atom is 0.122 e. The maximum absolute atomic E-state index is 5.96. The lowest BCUT2D eigenvalue weighted by Gasteiger charge is -2.17. The Morgan fingerprint density at radius 1 is 0.750 bits per heavy atom. The summed E-state index contributed by atoms with van der Waals surface area (Å²) in [6.45, 7) is 5.81. The first kappa shape index (κ1) is 19.6. The molecular weight excluding hydrogens is 350 g/mol. The molecule has 3 aromatic carbocycles. The van der Waals surface area contributed by atoms with Crippen LogP contribution in [0.25, 0.3) is 0 Å². The van der Waals surface area contributed by atoms with Crippen molar-refractivity contribution in [3.05, 3.63) is 84.4 Å². The van der Waals surface area contributed by atoms with Crippen LogP contribution in [0.2, 0.25) is 0 Å². The first-order valence-electron chi connectivity index (χ1n) is 9.57.